The lowest BCUT2D eigenvalue weighted by atomic mass is 10.3. The van der Waals surface area contributed by atoms with Gasteiger partial charge in [0.2, 0.25) is 0 Å². The van der Waals surface area contributed by atoms with Crippen molar-refractivity contribution < 1.29 is 8.42 Å². The summed E-state index contributed by atoms with van der Waals surface area (Å²) < 4.78 is 25.4. The van der Waals surface area contributed by atoms with Gasteiger partial charge in [0.25, 0.3) is 10.0 Å². The summed E-state index contributed by atoms with van der Waals surface area (Å²) in [4.78, 5) is 2.27. The second-order valence-electron chi connectivity index (χ2n) is 3.72. The smallest absolute Gasteiger partial charge is 0.203 e. The van der Waals surface area contributed by atoms with Crippen LogP contribution in [0, 0.1) is 0 Å². The Labute approximate surface area is 109 Å². The normalized spacial score (nSPS) is 12.2. The maximum Gasteiger partial charge on any atom is 0.303 e. The minimum atomic E-state index is -3.64. The minimum absolute atomic E-state index is 0.265. The van der Waals surface area contributed by atoms with E-state index in [4.69, 9.17) is 0 Å². The second-order valence-corrected chi connectivity index (χ2v) is 6.69. The molecule has 0 aromatic carbocycles. The van der Waals surface area contributed by atoms with Crippen molar-refractivity contribution in [1.82, 2.24) is 24.5 Å². The van der Waals surface area contributed by atoms with Gasteiger partial charge in [-0.1, -0.05) is 11.2 Å². The first-order valence-corrected chi connectivity index (χ1v) is 7.55. The van der Waals surface area contributed by atoms with Crippen molar-refractivity contribution in [3.8, 4) is 0 Å². The molecule has 7 nitrogen and oxygen atoms in total. The summed E-state index contributed by atoms with van der Waals surface area (Å²) in [6, 6.07) is 3.92. The number of aryl methyl sites for hydroxylation is 1. The first-order valence-electron chi connectivity index (χ1n) is 5.23. The van der Waals surface area contributed by atoms with E-state index in [1.807, 2.05) is 17.5 Å². The monoisotopic (exact) mass is 287 g/mol. The molecule has 2 aromatic heterocycles. The number of rotatable bonds is 5. The molecule has 0 unspecified atom stereocenters. The molecule has 2 heterocycles. The summed E-state index contributed by atoms with van der Waals surface area (Å²) in [6.45, 7) is 0.390. The molecule has 0 saturated heterocycles. The molecule has 18 heavy (non-hydrogen) atoms. The topological polar surface area (TPSA) is 81.0 Å². The molecule has 0 spiro atoms. The number of thiophene rings is 1. The lowest BCUT2D eigenvalue weighted by Crippen LogP contribution is -2.29. The molecule has 0 aliphatic heterocycles. The summed E-state index contributed by atoms with van der Waals surface area (Å²) in [5.41, 5.74) is 0. The molecule has 0 fully saturated rings. The minimum Gasteiger partial charge on any atom is -0.203 e. The van der Waals surface area contributed by atoms with Crippen LogP contribution < -0.4 is 0 Å². The molecule has 0 N–H and O–H groups in total. The predicted molar refractivity (Wildman–Crippen MR) is 66.6 cm³/mol. The molecule has 0 aliphatic rings. The van der Waals surface area contributed by atoms with Crippen molar-refractivity contribution in [2.45, 2.75) is 11.6 Å². The third-order valence-corrected chi connectivity index (χ3v) is 4.95. The summed E-state index contributed by atoms with van der Waals surface area (Å²) in [6.07, 6.45) is 0.674. The molecule has 0 bridgehead atoms. The Morgan fingerprint density at radius 3 is 2.83 bits per heavy atom. The van der Waals surface area contributed by atoms with Crippen LogP contribution in [0.4, 0.5) is 0 Å². The van der Waals surface area contributed by atoms with Crippen LogP contribution in [0.2, 0.25) is 0 Å². The molecular weight excluding hydrogens is 274 g/mol. The van der Waals surface area contributed by atoms with Crippen molar-refractivity contribution in [2.24, 2.45) is 7.05 Å². The molecular formula is C9H13N5O2S2. The van der Waals surface area contributed by atoms with Crippen LogP contribution in [0.15, 0.2) is 22.7 Å². The van der Waals surface area contributed by atoms with Crippen LogP contribution in [0.25, 0.3) is 0 Å². The third-order valence-electron chi connectivity index (χ3n) is 2.38. The number of hydrogen-bond donors (Lipinski definition) is 0. The van der Waals surface area contributed by atoms with E-state index >= 15 is 0 Å². The standard InChI is InChI=1S/C9H13N5O2S2/c1-13(6-5-8-4-3-7-17-8)18(15,16)9-10-12-14(2)11-9/h3-4,7H,5-6H2,1-2H3. The van der Waals surface area contributed by atoms with Crippen LogP contribution in [0.1, 0.15) is 4.88 Å². The Morgan fingerprint density at radius 1 is 1.50 bits per heavy atom. The Kier molecular flexibility index (Phi) is 3.73. The first-order chi connectivity index (χ1) is 8.50. The number of nitrogens with zero attached hydrogens (tertiary/aromatic N) is 5. The molecule has 2 rings (SSSR count). The van der Waals surface area contributed by atoms with Crippen molar-refractivity contribution in [2.75, 3.05) is 13.6 Å². The fourth-order valence-corrected chi connectivity index (χ4v) is 3.02. The van der Waals surface area contributed by atoms with E-state index in [2.05, 4.69) is 15.4 Å². The highest BCUT2D eigenvalue weighted by molar-refractivity contribution is 7.88. The van der Waals surface area contributed by atoms with E-state index in [1.165, 1.54) is 18.4 Å². The van der Waals surface area contributed by atoms with E-state index in [1.54, 1.807) is 11.3 Å². The summed E-state index contributed by atoms with van der Waals surface area (Å²) >= 11 is 1.61. The SMILES string of the molecule is CN(CCc1cccs1)S(=O)(=O)c1nnn(C)n1. The van der Waals surface area contributed by atoms with Crippen molar-refractivity contribution >= 4 is 21.4 Å². The van der Waals surface area contributed by atoms with Crippen molar-refractivity contribution in [1.29, 1.82) is 0 Å². The number of sulfonamides is 1. The maximum atomic E-state index is 12.1. The average molecular weight is 287 g/mol. The summed E-state index contributed by atoms with van der Waals surface area (Å²) in [7, 11) is -0.600. The molecule has 98 valence electrons. The van der Waals surface area contributed by atoms with E-state index < -0.39 is 10.0 Å². The number of aromatic nitrogens is 4. The highest BCUT2D eigenvalue weighted by Crippen LogP contribution is 2.12. The molecule has 9 heteroatoms. The largest absolute Gasteiger partial charge is 0.303 e. The van der Waals surface area contributed by atoms with Gasteiger partial charge < -0.3 is 0 Å². The molecule has 0 saturated carbocycles. The fourth-order valence-electron chi connectivity index (χ4n) is 1.35. The van der Waals surface area contributed by atoms with Crippen molar-refractivity contribution in [3.63, 3.8) is 0 Å². The van der Waals surface area contributed by atoms with E-state index in [0.29, 0.717) is 13.0 Å². The fraction of sp³-hybridized carbons (Fsp3) is 0.444. The highest BCUT2D eigenvalue weighted by Gasteiger charge is 2.25. The van der Waals surface area contributed by atoms with Gasteiger partial charge in [-0.25, -0.2) is 8.42 Å². The zero-order valence-corrected chi connectivity index (χ0v) is 11.6. The van der Waals surface area contributed by atoms with Gasteiger partial charge in [0.15, 0.2) is 0 Å². The number of likely N-dealkylation sites (N-methyl/N-ethyl adjacent to an activating group) is 1. The predicted octanol–water partition coefficient (Wildman–Crippen LogP) is 0.135. The van der Waals surface area contributed by atoms with Gasteiger partial charge in [-0.05, 0) is 23.1 Å². The van der Waals surface area contributed by atoms with Gasteiger partial charge in [-0.15, -0.1) is 16.4 Å². The van der Waals surface area contributed by atoms with Crippen molar-refractivity contribution in [3.05, 3.63) is 22.4 Å². The van der Waals surface area contributed by atoms with E-state index in [0.717, 1.165) is 9.67 Å². The number of tetrazole rings is 1. The van der Waals surface area contributed by atoms with E-state index in [-0.39, 0.29) is 5.16 Å². The van der Waals surface area contributed by atoms with Crippen LogP contribution in [-0.2, 0) is 23.5 Å². The Morgan fingerprint density at radius 2 is 2.28 bits per heavy atom. The maximum absolute atomic E-state index is 12.1. The van der Waals surface area contributed by atoms with Gasteiger partial charge in [0, 0.05) is 18.5 Å². The second kappa shape index (κ2) is 5.12. The van der Waals surface area contributed by atoms with Crippen LogP contribution in [0.3, 0.4) is 0 Å². The number of hydrogen-bond acceptors (Lipinski definition) is 6. The quantitative estimate of drug-likeness (QED) is 0.781. The first kappa shape index (κ1) is 13.1. The van der Waals surface area contributed by atoms with Gasteiger partial charge in [0.05, 0.1) is 7.05 Å². The molecule has 0 aliphatic carbocycles. The van der Waals surface area contributed by atoms with Gasteiger partial charge in [-0.3, -0.25) is 0 Å². The Bertz CT molecular complexity index is 605. The van der Waals surface area contributed by atoms with Crippen LogP contribution in [-0.4, -0.2) is 46.5 Å². The summed E-state index contributed by atoms with van der Waals surface area (Å²) in [5.74, 6) is 0. The lowest BCUT2D eigenvalue weighted by Gasteiger charge is -2.13. The molecule has 0 radical (unpaired) electrons. The molecule has 0 atom stereocenters. The molecule has 0 amide bonds. The highest BCUT2D eigenvalue weighted by atomic mass is 32.2. The van der Waals surface area contributed by atoms with Gasteiger partial charge in [-0.2, -0.15) is 9.10 Å². The third kappa shape index (κ3) is 2.74. The average Bonchev–Trinajstić information content (AvgIpc) is 2.96. The van der Waals surface area contributed by atoms with Gasteiger partial charge >= 0.3 is 5.16 Å². The zero-order valence-electron chi connectivity index (χ0n) is 10.0. The lowest BCUT2D eigenvalue weighted by molar-refractivity contribution is 0.466. The molecule has 2 aromatic rings. The summed E-state index contributed by atoms with van der Waals surface area (Å²) in [5, 5.41) is 12.5. The van der Waals surface area contributed by atoms with E-state index in [9.17, 15) is 8.42 Å². The zero-order chi connectivity index (χ0) is 13.2. The van der Waals surface area contributed by atoms with Crippen LogP contribution in [0.5, 0.6) is 0 Å². The van der Waals surface area contributed by atoms with Gasteiger partial charge in [0.1, 0.15) is 0 Å². The van der Waals surface area contributed by atoms with Crippen LogP contribution >= 0.6 is 11.3 Å². The Balaban J connectivity index is 2.06. The Hall–Kier alpha value is -1.32.